The first kappa shape index (κ1) is 24.4. The van der Waals surface area contributed by atoms with E-state index in [4.69, 9.17) is 4.74 Å². The Balaban J connectivity index is 1.83. The zero-order valence-electron chi connectivity index (χ0n) is 18.9. The quantitative estimate of drug-likeness (QED) is 0.470. The normalized spacial score (nSPS) is 16.8. The largest absolute Gasteiger partial charge is 0.375 e. The highest BCUT2D eigenvalue weighted by Gasteiger charge is 2.22. The van der Waals surface area contributed by atoms with Gasteiger partial charge in [0.1, 0.15) is 5.82 Å². The highest BCUT2D eigenvalue weighted by molar-refractivity contribution is 6.07. The summed E-state index contributed by atoms with van der Waals surface area (Å²) in [5.41, 5.74) is 0.581. The van der Waals surface area contributed by atoms with Crippen molar-refractivity contribution >= 4 is 17.5 Å². The number of alkyl halides is 2. The fourth-order valence-corrected chi connectivity index (χ4v) is 3.55. The van der Waals surface area contributed by atoms with Gasteiger partial charge in [0, 0.05) is 53.4 Å². The minimum atomic E-state index is -2.82. The van der Waals surface area contributed by atoms with E-state index < -0.39 is 23.7 Å². The topological polar surface area (TPSA) is 67.4 Å². The first-order valence-electron chi connectivity index (χ1n) is 10.7. The van der Waals surface area contributed by atoms with E-state index in [2.05, 4.69) is 21.9 Å². The van der Waals surface area contributed by atoms with E-state index in [0.717, 1.165) is 0 Å². The summed E-state index contributed by atoms with van der Waals surface area (Å²) in [5, 5.41) is 2.57. The van der Waals surface area contributed by atoms with Crippen LogP contribution in [0.1, 0.15) is 25.8 Å². The smallest absolute Gasteiger partial charge is 0.264 e. The Bertz CT molecular complexity index is 1050. The van der Waals surface area contributed by atoms with Gasteiger partial charge in [-0.05, 0) is 38.0 Å². The maximum Gasteiger partial charge on any atom is 0.264 e. The average Bonchev–Trinajstić information content (AvgIpc) is 2.78. The third-order valence-corrected chi connectivity index (χ3v) is 5.32. The number of anilines is 2. The molecule has 33 heavy (non-hydrogen) atoms. The Hall–Kier alpha value is -3.20. The molecule has 1 aromatic carbocycles. The molecule has 176 valence electrons. The second kappa shape index (κ2) is 10.6. The van der Waals surface area contributed by atoms with Crippen molar-refractivity contribution in [1.29, 1.82) is 0 Å². The van der Waals surface area contributed by atoms with Crippen LogP contribution in [-0.4, -0.2) is 48.1 Å². The lowest BCUT2D eigenvalue weighted by atomic mass is 10.0. The van der Waals surface area contributed by atoms with Gasteiger partial charge in [-0.15, -0.1) is 0 Å². The number of benzene rings is 1. The molecule has 2 heterocycles. The number of aromatic nitrogens is 2. The van der Waals surface area contributed by atoms with Gasteiger partial charge in [0.05, 0.1) is 12.7 Å². The van der Waals surface area contributed by atoms with E-state index >= 15 is 0 Å². The van der Waals surface area contributed by atoms with Crippen molar-refractivity contribution in [1.82, 2.24) is 9.97 Å². The molecule has 0 aliphatic carbocycles. The van der Waals surface area contributed by atoms with Crippen molar-refractivity contribution in [2.75, 3.05) is 29.9 Å². The third-order valence-electron chi connectivity index (χ3n) is 5.32. The van der Waals surface area contributed by atoms with Crippen LogP contribution in [0.5, 0.6) is 0 Å². The number of carbonyl (C=O) groups is 1. The fraction of sp³-hybridized carbons (Fsp3) is 0.375. The van der Waals surface area contributed by atoms with E-state index in [9.17, 15) is 18.0 Å². The van der Waals surface area contributed by atoms with Crippen molar-refractivity contribution in [2.24, 2.45) is 0 Å². The maximum absolute atomic E-state index is 14.7. The van der Waals surface area contributed by atoms with Gasteiger partial charge in [0.2, 0.25) is 5.95 Å². The predicted molar refractivity (Wildman–Crippen MR) is 122 cm³/mol. The maximum atomic E-state index is 14.7. The highest BCUT2D eigenvalue weighted by Crippen LogP contribution is 2.29. The first-order valence-corrected chi connectivity index (χ1v) is 10.7. The molecule has 6 nitrogen and oxygen atoms in total. The number of amides is 1. The molecule has 1 N–H and O–H groups in total. The second-order valence-corrected chi connectivity index (χ2v) is 7.85. The fourth-order valence-electron chi connectivity index (χ4n) is 3.55. The number of nitrogens with one attached hydrogen (secondary N) is 1. The molecule has 1 saturated heterocycles. The number of hydrogen-bond acceptors (Lipinski definition) is 5. The first-order chi connectivity index (χ1) is 15.7. The number of rotatable bonds is 7. The molecular formula is C24H27F3N4O2. The molecule has 2 aromatic rings. The summed E-state index contributed by atoms with van der Waals surface area (Å²) in [4.78, 5) is 23.3. The minimum absolute atomic E-state index is 0.0650. The Morgan fingerprint density at radius 2 is 2.06 bits per heavy atom. The summed E-state index contributed by atoms with van der Waals surface area (Å²) in [6, 6.07) is 2.71. The molecule has 1 amide bonds. The lowest BCUT2D eigenvalue weighted by Gasteiger charge is -2.31. The van der Waals surface area contributed by atoms with Gasteiger partial charge in [0.15, 0.2) is 0 Å². The Morgan fingerprint density at radius 3 is 2.67 bits per heavy atom. The lowest BCUT2D eigenvalue weighted by Crippen LogP contribution is -2.41. The second-order valence-electron chi connectivity index (χ2n) is 7.85. The number of hydrogen-bond donors (Lipinski definition) is 1. The summed E-state index contributed by atoms with van der Waals surface area (Å²) >= 11 is 0. The predicted octanol–water partition coefficient (Wildman–Crippen LogP) is 4.91. The van der Waals surface area contributed by atoms with Gasteiger partial charge in [-0.2, -0.15) is 0 Å². The number of nitrogens with zero attached hydrogens (tertiary/aromatic N) is 3. The monoisotopic (exact) mass is 460 g/mol. The van der Waals surface area contributed by atoms with Crippen molar-refractivity contribution in [3.63, 3.8) is 0 Å². The van der Waals surface area contributed by atoms with Crippen LogP contribution in [0.3, 0.4) is 0 Å². The number of carbonyl (C=O) groups excluding carboxylic acids is 1. The summed E-state index contributed by atoms with van der Waals surface area (Å²) < 4.78 is 46.8. The van der Waals surface area contributed by atoms with Crippen molar-refractivity contribution in [3.05, 3.63) is 59.7 Å². The van der Waals surface area contributed by atoms with Crippen molar-refractivity contribution < 1.29 is 22.7 Å². The van der Waals surface area contributed by atoms with Gasteiger partial charge in [0.25, 0.3) is 12.3 Å². The SMILES string of the molecule is C=C(C(=O)Nc1cc(-c2cnc(N3CCOC(C)C3)nc2)c(F)cc1C)/C(=C\CC)C(F)F. The van der Waals surface area contributed by atoms with Gasteiger partial charge in [-0.25, -0.2) is 23.1 Å². The minimum Gasteiger partial charge on any atom is -0.375 e. The molecule has 1 fully saturated rings. The molecule has 1 unspecified atom stereocenters. The average molecular weight is 461 g/mol. The number of aryl methyl sites for hydroxylation is 1. The van der Waals surface area contributed by atoms with Crippen molar-refractivity contribution in [3.8, 4) is 11.1 Å². The molecule has 9 heteroatoms. The van der Waals surface area contributed by atoms with E-state index in [1.807, 2.05) is 11.8 Å². The van der Waals surface area contributed by atoms with Gasteiger partial charge in [-0.3, -0.25) is 4.79 Å². The number of ether oxygens (including phenoxy) is 1. The van der Waals surface area contributed by atoms with Crippen LogP contribution in [0, 0.1) is 12.7 Å². The van der Waals surface area contributed by atoms with Crippen LogP contribution in [0.15, 0.2) is 48.3 Å². The summed E-state index contributed by atoms with van der Waals surface area (Å²) in [6.07, 6.45) is 1.88. The van der Waals surface area contributed by atoms with E-state index in [-0.39, 0.29) is 22.9 Å². The molecule has 0 bridgehead atoms. The van der Waals surface area contributed by atoms with Crippen LogP contribution in [0.25, 0.3) is 11.1 Å². The van der Waals surface area contributed by atoms with Gasteiger partial charge >= 0.3 is 0 Å². The van der Waals surface area contributed by atoms with E-state index in [0.29, 0.717) is 43.2 Å². The molecule has 0 radical (unpaired) electrons. The van der Waals surface area contributed by atoms with Crippen LogP contribution in [0.4, 0.5) is 24.8 Å². The van der Waals surface area contributed by atoms with Crippen LogP contribution in [-0.2, 0) is 9.53 Å². The Morgan fingerprint density at radius 1 is 1.36 bits per heavy atom. The van der Waals surface area contributed by atoms with Crippen LogP contribution in [0.2, 0.25) is 0 Å². The molecule has 1 atom stereocenters. The van der Waals surface area contributed by atoms with Gasteiger partial charge in [-0.1, -0.05) is 19.6 Å². The standard InChI is InChI=1S/C24H27F3N4O2/c1-5-6-18(22(26)27)16(4)23(32)30-21-10-19(20(25)9-14(21)2)17-11-28-24(29-12-17)31-7-8-33-15(3)13-31/h6,9-12,15,22H,4-5,7-8,13H2,1-3H3,(H,30,32)/b18-6+. The Labute approximate surface area is 191 Å². The molecular weight excluding hydrogens is 433 g/mol. The Kier molecular flexibility index (Phi) is 7.86. The zero-order valence-corrected chi connectivity index (χ0v) is 18.9. The van der Waals surface area contributed by atoms with E-state index in [1.54, 1.807) is 13.8 Å². The number of halogens is 3. The van der Waals surface area contributed by atoms with Gasteiger partial charge < -0.3 is 15.0 Å². The highest BCUT2D eigenvalue weighted by atomic mass is 19.3. The molecule has 1 aliphatic heterocycles. The molecule has 1 aliphatic rings. The molecule has 0 spiro atoms. The van der Waals surface area contributed by atoms with Crippen molar-refractivity contribution in [2.45, 2.75) is 39.7 Å². The molecule has 1 aromatic heterocycles. The third kappa shape index (κ3) is 5.78. The van der Waals surface area contributed by atoms with Crippen LogP contribution < -0.4 is 10.2 Å². The summed E-state index contributed by atoms with van der Waals surface area (Å²) in [7, 11) is 0. The summed E-state index contributed by atoms with van der Waals surface area (Å²) in [5.74, 6) is -0.767. The molecule has 3 rings (SSSR count). The zero-order chi connectivity index (χ0) is 24.1. The molecule has 0 saturated carbocycles. The van der Waals surface area contributed by atoms with E-state index in [1.165, 1.54) is 30.6 Å². The van der Waals surface area contributed by atoms with Crippen LogP contribution >= 0.6 is 0 Å². The lowest BCUT2D eigenvalue weighted by molar-refractivity contribution is -0.112. The number of morpholine rings is 1. The number of allylic oxidation sites excluding steroid dienone is 1. The summed E-state index contributed by atoms with van der Waals surface area (Å²) in [6.45, 7) is 10.7.